The van der Waals surface area contributed by atoms with Crippen LogP contribution in [0, 0.1) is 6.92 Å². The summed E-state index contributed by atoms with van der Waals surface area (Å²) >= 11 is 5.99. The van der Waals surface area contributed by atoms with Gasteiger partial charge in [0.25, 0.3) is 0 Å². The molecule has 1 fully saturated rings. The Kier molecular flexibility index (Phi) is 7.69. The molecule has 0 unspecified atom stereocenters. The van der Waals surface area contributed by atoms with Gasteiger partial charge in [0.1, 0.15) is 6.54 Å². The summed E-state index contributed by atoms with van der Waals surface area (Å²) in [5.41, 5.74) is 1.16. The van der Waals surface area contributed by atoms with E-state index in [0.29, 0.717) is 17.3 Å². The van der Waals surface area contributed by atoms with Gasteiger partial charge in [-0.1, -0.05) is 17.7 Å². The molecule has 1 heterocycles. The molecule has 1 aliphatic rings. The first-order valence-corrected chi connectivity index (χ1v) is 10.8. The van der Waals surface area contributed by atoms with Crippen LogP contribution < -0.4 is 9.62 Å². The molecule has 0 saturated carbocycles. The number of nitrogens with one attached hydrogen (secondary N) is 1. The van der Waals surface area contributed by atoms with Gasteiger partial charge < -0.3 is 10.1 Å². The van der Waals surface area contributed by atoms with Crippen molar-refractivity contribution >= 4 is 33.2 Å². The second-order valence-corrected chi connectivity index (χ2v) is 8.70. The van der Waals surface area contributed by atoms with Crippen molar-refractivity contribution in [2.24, 2.45) is 0 Å². The van der Waals surface area contributed by atoms with Crippen LogP contribution in [0.3, 0.4) is 0 Å². The zero-order valence-corrected chi connectivity index (χ0v) is 16.8. The van der Waals surface area contributed by atoms with E-state index in [1.54, 1.807) is 25.1 Å². The van der Waals surface area contributed by atoms with Crippen LogP contribution in [0.1, 0.15) is 12.0 Å². The summed E-state index contributed by atoms with van der Waals surface area (Å²) in [6.07, 6.45) is 1.89. The summed E-state index contributed by atoms with van der Waals surface area (Å²) in [5.74, 6) is -0.336. The smallest absolute Gasteiger partial charge is 0.240 e. The van der Waals surface area contributed by atoms with E-state index in [1.807, 2.05) is 0 Å². The van der Waals surface area contributed by atoms with E-state index in [2.05, 4.69) is 10.2 Å². The van der Waals surface area contributed by atoms with Crippen LogP contribution in [-0.4, -0.2) is 71.4 Å². The third kappa shape index (κ3) is 6.42. The molecule has 1 aromatic carbocycles. The van der Waals surface area contributed by atoms with E-state index >= 15 is 0 Å². The number of carbonyl (C=O) groups is 1. The number of halogens is 1. The Morgan fingerprint density at radius 1 is 1.35 bits per heavy atom. The molecule has 0 spiro atoms. The number of sulfonamides is 1. The number of ether oxygens (including phenoxy) is 1. The molecule has 7 nitrogen and oxygen atoms in total. The highest BCUT2D eigenvalue weighted by Crippen LogP contribution is 2.26. The van der Waals surface area contributed by atoms with Crippen molar-refractivity contribution in [3.63, 3.8) is 0 Å². The summed E-state index contributed by atoms with van der Waals surface area (Å²) in [5, 5.41) is 3.21. The molecular formula is C17H26ClN3O4S. The first-order valence-electron chi connectivity index (χ1n) is 8.58. The van der Waals surface area contributed by atoms with Gasteiger partial charge in [0, 0.05) is 24.7 Å². The Balaban J connectivity index is 1.89. The molecule has 1 N–H and O–H groups in total. The SMILES string of the molecule is Cc1ccc(Cl)cc1N(CC(=O)NCCCN1CCOCC1)S(C)(=O)=O. The molecule has 9 heteroatoms. The van der Waals surface area contributed by atoms with Crippen molar-refractivity contribution in [1.82, 2.24) is 10.2 Å². The normalized spacial score (nSPS) is 15.7. The van der Waals surface area contributed by atoms with Crippen molar-refractivity contribution in [3.05, 3.63) is 28.8 Å². The van der Waals surface area contributed by atoms with Crippen LogP contribution in [0.15, 0.2) is 18.2 Å². The van der Waals surface area contributed by atoms with Gasteiger partial charge in [-0.05, 0) is 37.6 Å². The largest absolute Gasteiger partial charge is 0.379 e. The van der Waals surface area contributed by atoms with Crippen molar-refractivity contribution in [1.29, 1.82) is 0 Å². The van der Waals surface area contributed by atoms with E-state index in [4.69, 9.17) is 16.3 Å². The number of morpholine rings is 1. The highest BCUT2D eigenvalue weighted by Gasteiger charge is 2.22. The molecule has 0 aromatic heterocycles. The van der Waals surface area contributed by atoms with E-state index in [0.717, 1.165) is 55.4 Å². The molecule has 146 valence electrons. The van der Waals surface area contributed by atoms with Gasteiger partial charge in [-0.25, -0.2) is 8.42 Å². The Hall–Kier alpha value is -1.35. The summed E-state index contributed by atoms with van der Waals surface area (Å²) in [6, 6.07) is 4.98. The van der Waals surface area contributed by atoms with Crippen LogP contribution in [0.5, 0.6) is 0 Å². The number of hydrogen-bond donors (Lipinski definition) is 1. The number of rotatable bonds is 8. The Bertz CT molecular complexity index is 721. The maximum Gasteiger partial charge on any atom is 0.240 e. The topological polar surface area (TPSA) is 79.0 Å². The number of amides is 1. The second kappa shape index (κ2) is 9.55. The summed E-state index contributed by atoms with van der Waals surface area (Å²) in [4.78, 5) is 14.5. The summed E-state index contributed by atoms with van der Waals surface area (Å²) in [6.45, 7) is 6.20. The van der Waals surface area contributed by atoms with Crippen LogP contribution in [0.2, 0.25) is 5.02 Å². The zero-order chi connectivity index (χ0) is 19.2. The minimum absolute atomic E-state index is 0.266. The van der Waals surface area contributed by atoms with E-state index < -0.39 is 10.0 Å². The Morgan fingerprint density at radius 3 is 2.69 bits per heavy atom. The van der Waals surface area contributed by atoms with Crippen molar-refractivity contribution in [2.75, 3.05) is 56.5 Å². The van der Waals surface area contributed by atoms with Gasteiger partial charge in [-0.3, -0.25) is 14.0 Å². The molecule has 0 atom stereocenters. The molecular weight excluding hydrogens is 378 g/mol. The molecule has 1 amide bonds. The second-order valence-electron chi connectivity index (χ2n) is 6.36. The molecule has 0 aliphatic carbocycles. The fraction of sp³-hybridized carbons (Fsp3) is 0.588. The molecule has 0 radical (unpaired) electrons. The van der Waals surface area contributed by atoms with Gasteiger partial charge in [-0.15, -0.1) is 0 Å². The Labute approximate surface area is 160 Å². The van der Waals surface area contributed by atoms with Gasteiger partial charge in [0.05, 0.1) is 25.2 Å². The predicted molar refractivity (Wildman–Crippen MR) is 103 cm³/mol. The van der Waals surface area contributed by atoms with Crippen LogP contribution in [-0.2, 0) is 19.6 Å². The first-order chi connectivity index (χ1) is 12.3. The maximum absolute atomic E-state index is 12.2. The summed E-state index contributed by atoms with van der Waals surface area (Å²) < 4.78 is 30.7. The first kappa shape index (κ1) is 21.0. The van der Waals surface area contributed by atoms with Crippen LogP contribution >= 0.6 is 11.6 Å². The monoisotopic (exact) mass is 403 g/mol. The van der Waals surface area contributed by atoms with E-state index in [-0.39, 0.29) is 12.5 Å². The molecule has 1 saturated heterocycles. The minimum Gasteiger partial charge on any atom is -0.379 e. The third-order valence-electron chi connectivity index (χ3n) is 4.20. The van der Waals surface area contributed by atoms with Crippen molar-refractivity contribution in [2.45, 2.75) is 13.3 Å². The maximum atomic E-state index is 12.2. The molecule has 0 bridgehead atoms. The van der Waals surface area contributed by atoms with Crippen molar-refractivity contribution in [3.8, 4) is 0 Å². The lowest BCUT2D eigenvalue weighted by Crippen LogP contribution is -2.42. The number of hydrogen-bond acceptors (Lipinski definition) is 5. The average Bonchev–Trinajstić information content (AvgIpc) is 2.59. The van der Waals surface area contributed by atoms with Crippen molar-refractivity contribution < 1.29 is 17.9 Å². The van der Waals surface area contributed by atoms with Gasteiger partial charge in [0.2, 0.25) is 15.9 Å². The quantitative estimate of drug-likeness (QED) is 0.661. The number of benzene rings is 1. The number of anilines is 1. The zero-order valence-electron chi connectivity index (χ0n) is 15.2. The lowest BCUT2D eigenvalue weighted by atomic mass is 10.2. The van der Waals surface area contributed by atoms with Gasteiger partial charge in [0.15, 0.2) is 0 Å². The van der Waals surface area contributed by atoms with Gasteiger partial charge >= 0.3 is 0 Å². The fourth-order valence-corrected chi connectivity index (χ4v) is 3.85. The predicted octanol–water partition coefficient (Wildman–Crippen LogP) is 1.25. The minimum atomic E-state index is -3.61. The lowest BCUT2D eigenvalue weighted by molar-refractivity contribution is -0.119. The number of aryl methyl sites for hydroxylation is 1. The highest BCUT2D eigenvalue weighted by molar-refractivity contribution is 7.92. The standard InChI is InChI=1S/C17H26ClN3O4S/c1-14-4-5-15(18)12-16(14)21(26(2,23)24)13-17(22)19-6-3-7-20-8-10-25-11-9-20/h4-5,12H,3,6-11,13H2,1-2H3,(H,19,22). The molecule has 2 rings (SSSR count). The fourth-order valence-electron chi connectivity index (χ4n) is 2.77. The molecule has 26 heavy (non-hydrogen) atoms. The molecule has 1 aliphatic heterocycles. The lowest BCUT2D eigenvalue weighted by Gasteiger charge is -2.26. The van der Waals surface area contributed by atoms with E-state index in [9.17, 15) is 13.2 Å². The number of nitrogens with zero attached hydrogens (tertiary/aromatic N) is 2. The number of carbonyl (C=O) groups excluding carboxylic acids is 1. The molecule has 1 aromatic rings. The summed E-state index contributed by atoms with van der Waals surface area (Å²) in [7, 11) is -3.61. The highest BCUT2D eigenvalue weighted by atomic mass is 35.5. The van der Waals surface area contributed by atoms with Gasteiger partial charge in [-0.2, -0.15) is 0 Å². The third-order valence-corrected chi connectivity index (χ3v) is 5.57. The van der Waals surface area contributed by atoms with Crippen LogP contribution in [0.25, 0.3) is 0 Å². The Morgan fingerprint density at radius 2 is 2.04 bits per heavy atom. The van der Waals surface area contributed by atoms with Crippen LogP contribution in [0.4, 0.5) is 5.69 Å². The average molecular weight is 404 g/mol. The van der Waals surface area contributed by atoms with E-state index in [1.165, 1.54) is 0 Å².